The van der Waals surface area contributed by atoms with Crippen molar-refractivity contribution in [2.45, 2.75) is 13.8 Å². The quantitative estimate of drug-likeness (QED) is 0.645. The minimum Gasteiger partial charge on any atom is -0.232 e. The summed E-state index contributed by atoms with van der Waals surface area (Å²) < 4.78 is 3.20. The predicted octanol–water partition coefficient (Wildman–Crippen LogP) is 2.84. The van der Waals surface area contributed by atoms with Crippen LogP contribution in [0.25, 0.3) is 11.3 Å². The Labute approximate surface area is 113 Å². The highest BCUT2D eigenvalue weighted by Gasteiger charge is 2.17. The van der Waals surface area contributed by atoms with Crippen LogP contribution in [-0.4, -0.2) is 24.4 Å². The third kappa shape index (κ3) is 1.59. The summed E-state index contributed by atoms with van der Waals surface area (Å²) in [5.41, 5.74) is 2.97. The van der Waals surface area contributed by atoms with Crippen LogP contribution in [0, 0.1) is 13.8 Å². The van der Waals surface area contributed by atoms with E-state index in [9.17, 15) is 0 Å². The predicted molar refractivity (Wildman–Crippen MR) is 69.6 cm³/mol. The summed E-state index contributed by atoms with van der Waals surface area (Å²) in [7, 11) is 0. The number of hydrogen-bond donors (Lipinski definition) is 0. The highest BCUT2D eigenvalue weighted by atomic mass is 35.5. The third-order valence-electron chi connectivity index (χ3n) is 2.63. The highest BCUT2D eigenvalue weighted by molar-refractivity contribution is 6.36. The maximum absolute atomic E-state index is 6.32. The SMILES string of the molecule is Cc1cc(C)n(-c2c(Cl)nc3ccnn3c2Cl)n1. The number of halogens is 2. The molecule has 0 amide bonds. The Morgan fingerprint density at radius 2 is 2.00 bits per heavy atom. The largest absolute Gasteiger partial charge is 0.232 e. The van der Waals surface area contributed by atoms with Crippen LogP contribution in [0.3, 0.4) is 0 Å². The van der Waals surface area contributed by atoms with E-state index in [0.717, 1.165) is 11.4 Å². The summed E-state index contributed by atoms with van der Waals surface area (Å²) in [5.74, 6) is 0. The second-order valence-electron chi connectivity index (χ2n) is 3.98. The summed E-state index contributed by atoms with van der Waals surface area (Å²) in [6, 6.07) is 3.68. The molecule has 0 N–H and O–H groups in total. The van der Waals surface area contributed by atoms with Crippen LogP contribution in [-0.2, 0) is 0 Å². The zero-order chi connectivity index (χ0) is 12.9. The monoisotopic (exact) mass is 281 g/mol. The standard InChI is InChI=1S/C11H9Cl2N5/c1-6-5-7(2)17(16-6)9-10(12)15-8-3-4-14-18(8)11(9)13/h3-5H,1-2H3. The lowest BCUT2D eigenvalue weighted by molar-refractivity contribution is 0.808. The van der Waals surface area contributed by atoms with Gasteiger partial charge in [0.15, 0.2) is 16.0 Å². The van der Waals surface area contributed by atoms with Crippen molar-refractivity contribution in [1.29, 1.82) is 0 Å². The van der Waals surface area contributed by atoms with Gasteiger partial charge in [-0.2, -0.15) is 10.2 Å². The fourth-order valence-electron chi connectivity index (χ4n) is 1.90. The van der Waals surface area contributed by atoms with Crippen molar-refractivity contribution in [1.82, 2.24) is 24.4 Å². The molecule has 0 saturated heterocycles. The first-order valence-electron chi connectivity index (χ1n) is 5.30. The molecule has 3 aromatic rings. The number of rotatable bonds is 1. The molecule has 0 aliphatic carbocycles. The van der Waals surface area contributed by atoms with Gasteiger partial charge in [-0.3, -0.25) is 0 Å². The molecule has 92 valence electrons. The Morgan fingerprint density at radius 1 is 1.22 bits per heavy atom. The first-order valence-corrected chi connectivity index (χ1v) is 6.06. The summed E-state index contributed by atoms with van der Waals surface area (Å²) in [4.78, 5) is 4.24. The Bertz CT molecular complexity index is 743. The van der Waals surface area contributed by atoms with Crippen molar-refractivity contribution in [3.8, 4) is 5.69 Å². The number of fused-ring (bicyclic) bond motifs is 1. The molecular weight excluding hydrogens is 273 g/mol. The van der Waals surface area contributed by atoms with Crippen molar-refractivity contribution in [2.75, 3.05) is 0 Å². The van der Waals surface area contributed by atoms with Gasteiger partial charge in [-0.1, -0.05) is 23.2 Å². The third-order valence-corrected chi connectivity index (χ3v) is 3.24. The van der Waals surface area contributed by atoms with Gasteiger partial charge in [-0.05, 0) is 19.9 Å². The van der Waals surface area contributed by atoms with Gasteiger partial charge in [0.2, 0.25) is 0 Å². The zero-order valence-corrected chi connectivity index (χ0v) is 11.2. The van der Waals surface area contributed by atoms with Crippen LogP contribution < -0.4 is 0 Å². The van der Waals surface area contributed by atoms with Crippen molar-refractivity contribution in [3.63, 3.8) is 0 Å². The van der Waals surface area contributed by atoms with Gasteiger partial charge < -0.3 is 0 Å². The van der Waals surface area contributed by atoms with E-state index in [1.165, 1.54) is 4.52 Å². The highest BCUT2D eigenvalue weighted by Crippen LogP contribution is 2.28. The van der Waals surface area contributed by atoms with Crippen LogP contribution in [0.15, 0.2) is 18.3 Å². The first-order chi connectivity index (χ1) is 8.58. The maximum Gasteiger partial charge on any atom is 0.161 e. The molecule has 0 fully saturated rings. The van der Waals surface area contributed by atoms with Crippen molar-refractivity contribution >= 4 is 28.8 Å². The molecule has 0 atom stereocenters. The Morgan fingerprint density at radius 3 is 2.67 bits per heavy atom. The van der Waals surface area contributed by atoms with E-state index in [1.54, 1.807) is 16.9 Å². The molecule has 3 heterocycles. The second kappa shape index (κ2) is 3.96. The van der Waals surface area contributed by atoms with Gasteiger partial charge in [-0.15, -0.1) is 0 Å². The molecule has 0 bridgehead atoms. The van der Waals surface area contributed by atoms with E-state index in [4.69, 9.17) is 23.2 Å². The van der Waals surface area contributed by atoms with E-state index < -0.39 is 0 Å². The van der Waals surface area contributed by atoms with Crippen LogP contribution in [0.1, 0.15) is 11.4 Å². The summed E-state index contributed by atoms with van der Waals surface area (Å²) in [6.45, 7) is 3.84. The van der Waals surface area contributed by atoms with E-state index in [-0.39, 0.29) is 0 Å². The molecule has 0 unspecified atom stereocenters. The average molecular weight is 282 g/mol. The smallest absolute Gasteiger partial charge is 0.161 e. The van der Waals surface area contributed by atoms with Gasteiger partial charge >= 0.3 is 0 Å². The normalized spacial score (nSPS) is 11.3. The lowest BCUT2D eigenvalue weighted by atomic mass is 10.4. The molecule has 3 rings (SSSR count). The molecule has 0 aliphatic heterocycles. The molecule has 7 heteroatoms. The Hall–Kier alpha value is -1.59. The molecule has 3 aromatic heterocycles. The lowest BCUT2D eigenvalue weighted by Gasteiger charge is -2.09. The molecule has 0 aromatic carbocycles. The van der Waals surface area contributed by atoms with Crippen LogP contribution in [0.5, 0.6) is 0 Å². The summed E-state index contributed by atoms with van der Waals surface area (Å²) >= 11 is 12.5. The van der Waals surface area contributed by atoms with Crippen LogP contribution in [0.2, 0.25) is 10.3 Å². The molecule has 0 spiro atoms. The lowest BCUT2D eigenvalue weighted by Crippen LogP contribution is -2.06. The fourth-order valence-corrected chi connectivity index (χ4v) is 2.51. The molecule has 0 saturated carbocycles. The number of hydrogen-bond acceptors (Lipinski definition) is 3. The van der Waals surface area contributed by atoms with Crippen molar-refractivity contribution < 1.29 is 0 Å². The van der Waals surface area contributed by atoms with Gasteiger partial charge in [0.25, 0.3) is 0 Å². The molecular formula is C11H9Cl2N5. The van der Waals surface area contributed by atoms with Crippen molar-refractivity contribution in [2.24, 2.45) is 0 Å². The minimum absolute atomic E-state index is 0.305. The second-order valence-corrected chi connectivity index (χ2v) is 4.70. The minimum atomic E-state index is 0.305. The van der Waals surface area contributed by atoms with E-state index >= 15 is 0 Å². The van der Waals surface area contributed by atoms with E-state index in [0.29, 0.717) is 21.6 Å². The molecule has 0 aliphatic rings. The Balaban J connectivity index is 2.38. The van der Waals surface area contributed by atoms with Gasteiger partial charge in [-0.25, -0.2) is 14.2 Å². The Kier molecular flexibility index (Phi) is 2.53. The maximum atomic E-state index is 6.32. The average Bonchev–Trinajstić information content (AvgIpc) is 2.86. The summed E-state index contributed by atoms with van der Waals surface area (Å²) in [5, 5.41) is 9.16. The molecule has 18 heavy (non-hydrogen) atoms. The first kappa shape index (κ1) is 11.5. The molecule has 5 nitrogen and oxygen atoms in total. The van der Waals surface area contributed by atoms with E-state index in [1.807, 2.05) is 19.9 Å². The van der Waals surface area contributed by atoms with Gasteiger partial charge in [0.1, 0.15) is 5.69 Å². The topological polar surface area (TPSA) is 48.0 Å². The zero-order valence-electron chi connectivity index (χ0n) is 9.72. The molecule has 0 radical (unpaired) electrons. The number of nitrogens with zero attached hydrogens (tertiary/aromatic N) is 5. The van der Waals surface area contributed by atoms with Gasteiger partial charge in [0.05, 0.1) is 11.9 Å². The summed E-state index contributed by atoms with van der Waals surface area (Å²) in [6.07, 6.45) is 1.62. The number of aryl methyl sites for hydroxylation is 2. The van der Waals surface area contributed by atoms with Gasteiger partial charge in [0, 0.05) is 11.8 Å². The number of aromatic nitrogens is 5. The fraction of sp³-hybridized carbons (Fsp3) is 0.182. The van der Waals surface area contributed by atoms with Crippen molar-refractivity contribution in [3.05, 3.63) is 40.0 Å². The van der Waals surface area contributed by atoms with Crippen LogP contribution in [0.4, 0.5) is 0 Å². The van der Waals surface area contributed by atoms with E-state index in [2.05, 4.69) is 15.2 Å². The van der Waals surface area contributed by atoms with Crippen LogP contribution >= 0.6 is 23.2 Å².